The summed E-state index contributed by atoms with van der Waals surface area (Å²) >= 11 is 1.60. The molecule has 0 N–H and O–H groups in total. The van der Waals surface area contributed by atoms with E-state index in [0.717, 1.165) is 11.7 Å². The fourth-order valence-corrected chi connectivity index (χ4v) is 2.16. The monoisotopic (exact) mass is 234 g/mol. The molecule has 0 amide bonds. The topological polar surface area (TPSA) is 34.0 Å². The number of nitrogens with zero attached hydrogens (tertiary/aromatic N) is 4. The molecule has 0 aliphatic carbocycles. The average Bonchev–Trinajstić information content (AvgIpc) is 2.73. The van der Waals surface area contributed by atoms with Gasteiger partial charge in [-0.15, -0.1) is 10.2 Å². The third-order valence-electron chi connectivity index (χ3n) is 2.19. The molecule has 5 heteroatoms. The second-order valence-electron chi connectivity index (χ2n) is 3.35. The first-order chi connectivity index (χ1) is 7.81. The van der Waals surface area contributed by atoms with Crippen molar-refractivity contribution in [2.75, 3.05) is 10.8 Å². The van der Waals surface area contributed by atoms with E-state index in [1.54, 1.807) is 18.3 Å². The highest BCUT2D eigenvalue weighted by atomic mass is 32.2. The quantitative estimate of drug-likeness (QED) is 0.760. The molecule has 84 valence electrons. The van der Waals surface area contributed by atoms with Gasteiger partial charge >= 0.3 is 0 Å². The van der Waals surface area contributed by atoms with Crippen molar-refractivity contribution in [1.82, 2.24) is 14.8 Å². The van der Waals surface area contributed by atoms with Crippen molar-refractivity contribution in [3.63, 3.8) is 0 Å². The van der Waals surface area contributed by atoms with Crippen LogP contribution in [0.5, 0.6) is 0 Å². The standard InChI is InChI=1S/C11H14N4S/c1-3-15(10-7-5-4-6-8-10)16-11-13-12-9-14(11)2/h4-9H,3H2,1-2H3. The summed E-state index contributed by atoms with van der Waals surface area (Å²) < 4.78 is 4.10. The summed E-state index contributed by atoms with van der Waals surface area (Å²) in [6.45, 7) is 3.04. The van der Waals surface area contributed by atoms with Crippen LogP contribution in [0.3, 0.4) is 0 Å². The van der Waals surface area contributed by atoms with Gasteiger partial charge in [0.15, 0.2) is 0 Å². The summed E-state index contributed by atoms with van der Waals surface area (Å²) in [6, 6.07) is 10.3. The van der Waals surface area contributed by atoms with E-state index in [1.165, 1.54) is 5.69 Å². The van der Waals surface area contributed by atoms with Crippen LogP contribution in [0.4, 0.5) is 5.69 Å². The van der Waals surface area contributed by atoms with Gasteiger partial charge in [-0.1, -0.05) is 18.2 Å². The predicted molar refractivity (Wildman–Crippen MR) is 66.3 cm³/mol. The van der Waals surface area contributed by atoms with Crippen molar-refractivity contribution in [3.05, 3.63) is 36.7 Å². The summed E-state index contributed by atoms with van der Waals surface area (Å²) in [5.41, 5.74) is 1.18. The molecule has 0 bridgehead atoms. The molecule has 0 saturated heterocycles. The molecule has 1 aromatic carbocycles. The number of benzene rings is 1. The molecule has 16 heavy (non-hydrogen) atoms. The maximum Gasteiger partial charge on any atom is 0.211 e. The van der Waals surface area contributed by atoms with Crippen molar-refractivity contribution in [2.24, 2.45) is 7.05 Å². The van der Waals surface area contributed by atoms with Crippen LogP contribution in [0.2, 0.25) is 0 Å². The minimum absolute atomic E-state index is 0.894. The Kier molecular flexibility index (Phi) is 3.46. The Morgan fingerprint density at radius 3 is 2.62 bits per heavy atom. The van der Waals surface area contributed by atoms with Crippen molar-refractivity contribution in [3.8, 4) is 0 Å². The molecule has 0 unspecified atom stereocenters. The lowest BCUT2D eigenvalue weighted by molar-refractivity contribution is 0.787. The second-order valence-corrected chi connectivity index (χ2v) is 4.33. The lowest BCUT2D eigenvalue weighted by Crippen LogP contribution is -2.14. The molecule has 2 aromatic rings. The fraction of sp³-hybridized carbons (Fsp3) is 0.273. The van der Waals surface area contributed by atoms with E-state index in [4.69, 9.17) is 0 Å². The Balaban J connectivity index is 2.16. The first-order valence-corrected chi connectivity index (χ1v) is 5.93. The summed E-state index contributed by atoms with van der Waals surface area (Å²) in [5.74, 6) is 0. The van der Waals surface area contributed by atoms with E-state index < -0.39 is 0 Å². The third-order valence-corrected chi connectivity index (χ3v) is 3.42. The Labute approximate surface area is 99.4 Å². The highest BCUT2D eigenvalue weighted by Gasteiger charge is 2.09. The summed E-state index contributed by atoms with van der Waals surface area (Å²) in [5, 5.41) is 8.83. The number of aromatic nitrogens is 3. The maximum absolute atomic E-state index is 4.06. The van der Waals surface area contributed by atoms with Gasteiger partial charge in [-0.3, -0.25) is 0 Å². The minimum Gasteiger partial charge on any atom is -0.310 e. The van der Waals surface area contributed by atoms with Crippen molar-refractivity contribution in [1.29, 1.82) is 0 Å². The van der Waals surface area contributed by atoms with Gasteiger partial charge in [-0.05, 0) is 19.1 Å². The molecule has 0 aliphatic rings. The molecule has 0 aliphatic heterocycles. The number of anilines is 1. The molecule has 4 nitrogen and oxygen atoms in total. The zero-order chi connectivity index (χ0) is 11.4. The van der Waals surface area contributed by atoms with Crippen molar-refractivity contribution >= 4 is 17.6 Å². The molecular formula is C11H14N4S. The predicted octanol–water partition coefficient (Wildman–Crippen LogP) is 2.35. The number of para-hydroxylation sites is 1. The van der Waals surface area contributed by atoms with Crippen molar-refractivity contribution in [2.45, 2.75) is 12.1 Å². The van der Waals surface area contributed by atoms with Gasteiger partial charge in [-0.25, -0.2) is 0 Å². The van der Waals surface area contributed by atoms with Crippen LogP contribution in [-0.2, 0) is 7.05 Å². The van der Waals surface area contributed by atoms with E-state index in [1.807, 2.05) is 29.8 Å². The molecule has 1 aromatic heterocycles. The van der Waals surface area contributed by atoms with E-state index in [2.05, 4.69) is 33.6 Å². The highest BCUT2D eigenvalue weighted by Crippen LogP contribution is 2.26. The van der Waals surface area contributed by atoms with E-state index in [9.17, 15) is 0 Å². The molecule has 2 rings (SSSR count). The fourth-order valence-electron chi connectivity index (χ4n) is 1.35. The number of hydrogen-bond acceptors (Lipinski definition) is 4. The Bertz CT molecular complexity index is 440. The van der Waals surface area contributed by atoms with Crippen LogP contribution in [0.1, 0.15) is 6.92 Å². The lowest BCUT2D eigenvalue weighted by atomic mass is 10.3. The first-order valence-electron chi connectivity index (χ1n) is 5.16. The van der Waals surface area contributed by atoms with Crippen LogP contribution in [0.15, 0.2) is 41.8 Å². The van der Waals surface area contributed by atoms with Gasteiger partial charge in [-0.2, -0.15) is 0 Å². The highest BCUT2D eigenvalue weighted by molar-refractivity contribution is 8.00. The molecule has 1 heterocycles. The minimum atomic E-state index is 0.894. The van der Waals surface area contributed by atoms with Crippen LogP contribution >= 0.6 is 11.9 Å². The van der Waals surface area contributed by atoms with E-state index in [0.29, 0.717) is 0 Å². The average molecular weight is 234 g/mol. The van der Waals surface area contributed by atoms with Gasteiger partial charge in [0.05, 0.1) is 0 Å². The second kappa shape index (κ2) is 5.03. The number of aryl methyl sites for hydroxylation is 1. The summed E-state index contributed by atoms with van der Waals surface area (Å²) in [7, 11) is 1.95. The van der Waals surface area contributed by atoms with Gasteiger partial charge in [0, 0.05) is 31.2 Å². The van der Waals surface area contributed by atoms with Gasteiger partial charge in [0.25, 0.3) is 0 Å². The van der Waals surface area contributed by atoms with E-state index in [-0.39, 0.29) is 0 Å². The maximum atomic E-state index is 4.06. The van der Waals surface area contributed by atoms with Gasteiger partial charge < -0.3 is 8.87 Å². The Morgan fingerprint density at radius 1 is 1.31 bits per heavy atom. The van der Waals surface area contributed by atoms with Gasteiger partial charge in [0.1, 0.15) is 6.33 Å². The largest absolute Gasteiger partial charge is 0.310 e. The number of rotatable bonds is 4. The van der Waals surface area contributed by atoms with Crippen LogP contribution < -0.4 is 4.31 Å². The third kappa shape index (κ3) is 2.36. The lowest BCUT2D eigenvalue weighted by Gasteiger charge is -2.20. The normalized spacial score (nSPS) is 10.4. The molecule has 0 radical (unpaired) electrons. The molecule has 0 fully saturated rings. The van der Waals surface area contributed by atoms with Crippen LogP contribution in [0.25, 0.3) is 0 Å². The molecular weight excluding hydrogens is 220 g/mol. The van der Waals surface area contributed by atoms with Crippen LogP contribution in [-0.4, -0.2) is 21.3 Å². The van der Waals surface area contributed by atoms with Gasteiger partial charge in [0.2, 0.25) is 5.16 Å². The Hall–Kier alpha value is -1.49. The molecule has 0 spiro atoms. The number of hydrogen-bond donors (Lipinski definition) is 0. The summed E-state index contributed by atoms with van der Waals surface area (Å²) in [6.07, 6.45) is 1.71. The van der Waals surface area contributed by atoms with Crippen LogP contribution in [0, 0.1) is 0 Å². The summed E-state index contributed by atoms with van der Waals surface area (Å²) in [4.78, 5) is 0. The molecule has 0 atom stereocenters. The smallest absolute Gasteiger partial charge is 0.211 e. The SMILES string of the molecule is CCN(Sc1nncn1C)c1ccccc1. The Morgan fingerprint density at radius 2 is 2.06 bits per heavy atom. The first kappa shape index (κ1) is 11.0. The zero-order valence-electron chi connectivity index (χ0n) is 9.37. The molecule has 0 saturated carbocycles. The zero-order valence-corrected chi connectivity index (χ0v) is 10.2. The van der Waals surface area contributed by atoms with Crippen molar-refractivity contribution < 1.29 is 0 Å². The van der Waals surface area contributed by atoms with E-state index >= 15 is 0 Å².